The van der Waals surface area contributed by atoms with E-state index in [1.807, 2.05) is 36.4 Å². The smallest absolute Gasteiger partial charge is 0.261 e. The maximum atomic E-state index is 12.0. The lowest BCUT2D eigenvalue weighted by molar-refractivity contribution is 0.0920. The zero-order chi connectivity index (χ0) is 13.0. The highest BCUT2D eigenvalue weighted by Crippen LogP contribution is 2.22. The fraction of sp³-hybridized carbons (Fsp3) is 0.154. The van der Waals surface area contributed by atoms with Crippen LogP contribution in [0.4, 0.5) is 0 Å². The van der Waals surface area contributed by atoms with Crippen LogP contribution in [0, 0.1) is 0 Å². The number of carbonyl (C=O) groups excluding carboxylic acids is 1. The van der Waals surface area contributed by atoms with Crippen LogP contribution < -0.4 is 5.32 Å². The second-order valence-electron chi connectivity index (χ2n) is 3.72. The van der Waals surface area contributed by atoms with Gasteiger partial charge in [0, 0.05) is 0 Å². The minimum atomic E-state index is -0.375. The Morgan fingerprint density at radius 1 is 1.28 bits per heavy atom. The van der Waals surface area contributed by atoms with Crippen LogP contribution in [0.3, 0.4) is 0 Å². The van der Waals surface area contributed by atoms with Crippen molar-refractivity contribution in [1.29, 1.82) is 0 Å². The van der Waals surface area contributed by atoms with E-state index in [1.54, 1.807) is 6.07 Å². The molecule has 1 aromatic heterocycles. The summed E-state index contributed by atoms with van der Waals surface area (Å²) in [5.41, 5.74) is 0.893. The average molecular weight is 326 g/mol. The lowest BCUT2D eigenvalue weighted by Gasteiger charge is -2.16. The van der Waals surface area contributed by atoms with E-state index in [0.29, 0.717) is 4.88 Å². The Bertz CT molecular complexity index is 527. The van der Waals surface area contributed by atoms with Crippen molar-refractivity contribution < 1.29 is 9.90 Å². The van der Waals surface area contributed by atoms with E-state index in [2.05, 4.69) is 21.2 Å². The molecule has 1 atom stereocenters. The third-order valence-corrected chi connectivity index (χ3v) is 4.11. The number of aliphatic hydroxyl groups excluding tert-OH is 1. The lowest BCUT2D eigenvalue weighted by atomic mass is 10.1. The highest BCUT2D eigenvalue weighted by Gasteiger charge is 2.15. The highest BCUT2D eigenvalue weighted by molar-refractivity contribution is 9.11. The van der Waals surface area contributed by atoms with E-state index < -0.39 is 0 Å². The summed E-state index contributed by atoms with van der Waals surface area (Å²) in [6.45, 7) is -0.123. The van der Waals surface area contributed by atoms with Crippen LogP contribution in [0.1, 0.15) is 21.3 Å². The van der Waals surface area contributed by atoms with E-state index in [4.69, 9.17) is 0 Å². The molecule has 0 aliphatic carbocycles. The molecule has 0 fully saturated rings. The van der Waals surface area contributed by atoms with E-state index in [9.17, 15) is 9.90 Å². The highest BCUT2D eigenvalue weighted by atomic mass is 79.9. The van der Waals surface area contributed by atoms with Crippen LogP contribution in [0.25, 0.3) is 0 Å². The standard InChI is InChI=1S/C13H12BrNO2S/c14-12-7-6-11(18-12)13(17)15-10(8-16)9-4-2-1-3-5-9/h1-7,10,16H,8H2,(H,15,17)/t10-/m1/s1. The number of nitrogens with one attached hydrogen (secondary N) is 1. The summed E-state index contributed by atoms with van der Waals surface area (Å²) >= 11 is 4.68. The molecule has 0 unspecified atom stereocenters. The molecule has 1 heterocycles. The molecule has 3 nitrogen and oxygen atoms in total. The molecule has 1 aromatic carbocycles. The van der Waals surface area contributed by atoms with Gasteiger partial charge in [-0.25, -0.2) is 0 Å². The van der Waals surface area contributed by atoms with Gasteiger partial charge in [0.1, 0.15) is 0 Å². The first-order chi connectivity index (χ1) is 8.70. The van der Waals surface area contributed by atoms with Crippen molar-refractivity contribution in [2.24, 2.45) is 0 Å². The molecule has 18 heavy (non-hydrogen) atoms. The second-order valence-corrected chi connectivity index (χ2v) is 6.19. The number of carbonyl (C=O) groups is 1. The summed E-state index contributed by atoms with van der Waals surface area (Å²) in [6.07, 6.45) is 0. The van der Waals surface area contributed by atoms with Crippen molar-refractivity contribution >= 4 is 33.2 Å². The number of hydrogen-bond donors (Lipinski definition) is 2. The lowest BCUT2D eigenvalue weighted by Crippen LogP contribution is -2.30. The number of rotatable bonds is 4. The topological polar surface area (TPSA) is 49.3 Å². The quantitative estimate of drug-likeness (QED) is 0.907. The first kappa shape index (κ1) is 13.3. The van der Waals surface area contributed by atoms with Crippen LogP contribution in [0.2, 0.25) is 0 Å². The van der Waals surface area contributed by atoms with Crippen molar-refractivity contribution in [3.63, 3.8) is 0 Å². The Balaban J connectivity index is 2.10. The Morgan fingerprint density at radius 3 is 2.56 bits per heavy atom. The van der Waals surface area contributed by atoms with Gasteiger partial charge in [0.2, 0.25) is 0 Å². The molecular formula is C13H12BrNO2S. The number of hydrogen-bond acceptors (Lipinski definition) is 3. The third kappa shape index (κ3) is 3.19. The fourth-order valence-electron chi connectivity index (χ4n) is 1.59. The molecule has 0 aliphatic heterocycles. The monoisotopic (exact) mass is 325 g/mol. The maximum absolute atomic E-state index is 12.0. The van der Waals surface area contributed by atoms with Crippen molar-refractivity contribution in [2.75, 3.05) is 6.61 Å². The Hall–Kier alpha value is -1.17. The number of thiophene rings is 1. The maximum Gasteiger partial charge on any atom is 0.261 e. The van der Waals surface area contributed by atoms with Crippen LogP contribution in [-0.4, -0.2) is 17.6 Å². The molecule has 1 amide bonds. The van der Waals surface area contributed by atoms with Gasteiger partial charge in [-0.2, -0.15) is 0 Å². The van der Waals surface area contributed by atoms with Crippen LogP contribution in [0.5, 0.6) is 0 Å². The van der Waals surface area contributed by atoms with E-state index >= 15 is 0 Å². The van der Waals surface area contributed by atoms with Crippen molar-refractivity contribution in [1.82, 2.24) is 5.32 Å². The van der Waals surface area contributed by atoms with Crippen molar-refractivity contribution in [3.05, 3.63) is 56.7 Å². The summed E-state index contributed by atoms with van der Waals surface area (Å²) in [5, 5.41) is 12.2. The molecular weight excluding hydrogens is 314 g/mol. The Morgan fingerprint density at radius 2 is 2.00 bits per heavy atom. The minimum Gasteiger partial charge on any atom is -0.394 e. The molecule has 0 bridgehead atoms. The van der Waals surface area contributed by atoms with Gasteiger partial charge >= 0.3 is 0 Å². The molecule has 0 radical (unpaired) electrons. The Labute approximate surface area is 118 Å². The van der Waals surface area contributed by atoms with Gasteiger partial charge in [-0.05, 0) is 33.6 Å². The number of halogens is 1. The van der Waals surface area contributed by atoms with Crippen LogP contribution in [0.15, 0.2) is 46.3 Å². The molecule has 5 heteroatoms. The summed E-state index contributed by atoms with van der Waals surface area (Å²) in [7, 11) is 0. The molecule has 0 saturated carbocycles. The van der Waals surface area contributed by atoms with Crippen LogP contribution >= 0.6 is 27.3 Å². The SMILES string of the molecule is O=C(N[C@H](CO)c1ccccc1)c1ccc(Br)s1. The number of aliphatic hydroxyl groups is 1. The van der Waals surface area contributed by atoms with Gasteiger partial charge in [-0.15, -0.1) is 11.3 Å². The third-order valence-electron chi connectivity index (χ3n) is 2.49. The van der Waals surface area contributed by atoms with Gasteiger partial charge in [0.15, 0.2) is 0 Å². The summed E-state index contributed by atoms with van der Waals surface area (Å²) in [6, 6.07) is 12.6. The van der Waals surface area contributed by atoms with Crippen molar-refractivity contribution in [3.8, 4) is 0 Å². The fourth-order valence-corrected chi connectivity index (χ4v) is 2.87. The largest absolute Gasteiger partial charge is 0.394 e. The molecule has 94 valence electrons. The van der Waals surface area contributed by atoms with Gasteiger partial charge in [0.25, 0.3) is 5.91 Å². The Kier molecular flexibility index (Phi) is 4.52. The molecule has 0 aliphatic rings. The summed E-state index contributed by atoms with van der Waals surface area (Å²) in [4.78, 5) is 12.6. The van der Waals surface area contributed by atoms with E-state index in [1.165, 1.54) is 11.3 Å². The zero-order valence-electron chi connectivity index (χ0n) is 9.47. The van der Waals surface area contributed by atoms with Gasteiger partial charge in [-0.1, -0.05) is 30.3 Å². The minimum absolute atomic E-state index is 0.123. The molecule has 2 N–H and O–H groups in total. The van der Waals surface area contributed by atoms with Crippen LogP contribution in [-0.2, 0) is 0 Å². The summed E-state index contributed by atoms with van der Waals surface area (Å²) in [5.74, 6) is -0.173. The van der Waals surface area contributed by atoms with Gasteiger partial charge in [-0.3, -0.25) is 4.79 Å². The van der Waals surface area contributed by atoms with E-state index in [-0.39, 0.29) is 18.6 Å². The van der Waals surface area contributed by atoms with E-state index in [0.717, 1.165) is 9.35 Å². The van der Waals surface area contributed by atoms with Crippen molar-refractivity contribution in [2.45, 2.75) is 6.04 Å². The molecule has 2 rings (SSSR count). The number of benzene rings is 1. The summed E-state index contributed by atoms with van der Waals surface area (Å²) < 4.78 is 0.910. The molecule has 0 spiro atoms. The van der Waals surface area contributed by atoms with Gasteiger partial charge < -0.3 is 10.4 Å². The first-order valence-electron chi connectivity index (χ1n) is 5.42. The second kappa shape index (κ2) is 6.13. The van der Waals surface area contributed by atoms with Gasteiger partial charge in [0.05, 0.1) is 21.3 Å². The predicted octanol–water partition coefficient (Wildman–Crippen LogP) is 2.97. The first-order valence-corrected chi connectivity index (χ1v) is 7.03. The normalized spacial score (nSPS) is 12.1. The molecule has 2 aromatic rings. The molecule has 0 saturated heterocycles. The zero-order valence-corrected chi connectivity index (χ0v) is 11.9. The average Bonchev–Trinajstić information content (AvgIpc) is 2.83. The predicted molar refractivity (Wildman–Crippen MR) is 75.8 cm³/mol. The number of amides is 1.